The van der Waals surface area contributed by atoms with Gasteiger partial charge in [0.05, 0.1) is 5.25 Å². The summed E-state index contributed by atoms with van der Waals surface area (Å²) < 4.78 is 5.62. The van der Waals surface area contributed by atoms with Crippen LogP contribution >= 0.6 is 11.8 Å². The van der Waals surface area contributed by atoms with E-state index in [1.54, 1.807) is 0 Å². The van der Waals surface area contributed by atoms with Gasteiger partial charge in [-0.3, -0.25) is 0 Å². The lowest BCUT2D eigenvalue weighted by Crippen LogP contribution is -2.15. The topological polar surface area (TPSA) is 39.2 Å². The molecule has 2 unspecified atom stereocenters. The summed E-state index contributed by atoms with van der Waals surface area (Å²) in [4.78, 5) is 0. The first-order chi connectivity index (χ1) is 7.04. The number of hydrogen-bond donors (Lipinski definition) is 1. The lowest BCUT2D eigenvalue weighted by Gasteiger charge is -2.20. The molecular formula is C12H21NOS. The van der Waals surface area contributed by atoms with Crippen LogP contribution in [0.5, 0.6) is 0 Å². The van der Waals surface area contributed by atoms with E-state index in [0.717, 1.165) is 11.5 Å². The van der Waals surface area contributed by atoms with Crippen molar-refractivity contribution in [3.63, 3.8) is 0 Å². The summed E-state index contributed by atoms with van der Waals surface area (Å²) >= 11 is 1.90. The third-order valence-corrected chi connectivity index (χ3v) is 4.34. The minimum absolute atomic E-state index is 0.288. The smallest absolute Gasteiger partial charge is 0.118 e. The summed E-state index contributed by atoms with van der Waals surface area (Å²) in [5.41, 5.74) is 5.78. The lowest BCUT2D eigenvalue weighted by atomic mass is 10.2. The predicted molar refractivity (Wildman–Crippen MR) is 67.1 cm³/mol. The van der Waals surface area contributed by atoms with Crippen LogP contribution in [0.15, 0.2) is 16.5 Å². The largest absolute Gasteiger partial charge is 0.465 e. The minimum Gasteiger partial charge on any atom is -0.465 e. The molecule has 1 aromatic heterocycles. The van der Waals surface area contributed by atoms with Gasteiger partial charge >= 0.3 is 0 Å². The van der Waals surface area contributed by atoms with Gasteiger partial charge in [-0.05, 0) is 25.0 Å². The molecule has 1 heterocycles. The summed E-state index contributed by atoms with van der Waals surface area (Å²) in [6.07, 6.45) is 0. The highest BCUT2D eigenvalue weighted by Gasteiger charge is 2.19. The summed E-state index contributed by atoms with van der Waals surface area (Å²) in [7, 11) is 0. The molecule has 1 rings (SSSR count). The lowest BCUT2D eigenvalue weighted by molar-refractivity contribution is 0.480. The molecule has 0 aromatic carbocycles. The second-order valence-electron chi connectivity index (χ2n) is 4.26. The van der Waals surface area contributed by atoms with Crippen molar-refractivity contribution in [1.82, 2.24) is 0 Å². The van der Waals surface area contributed by atoms with Gasteiger partial charge in [0.15, 0.2) is 0 Å². The fourth-order valence-corrected chi connectivity index (χ4v) is 2.49. The Morgan fingerprint density at radius 3 is 2.40 bits per heavy atom. The van der Waals surface area contributed by atoms with Gasteiger partial charge in [-0.2, -0.15) is 0 Å². The van der Waals surface area contributed by atoms with Gasteiger partial charge in [0.25, 0.3) is 0 Å². The SMILES string of the molecule is Cc1ccc(C(CN)SC(C)C(C)C)o1. The molecule has 2 N–H and O–H groups in total. The number of hydrogen-bond acceptors (Lipinski definition) is 3. The van der Waals surface area contributed by atoms with Gasteiger partial charge in [0.1, 0.15) is 11.5 Å². The maximum Gasteiger partial charge on any atom is 0.118 e. The van der Waals surface area contributed by atoms with Crippen molar-refractivity contribution in [1.29, 1.82) is 0 Å². The third kappa shape index (κ3) is 3.58. The number of furan rings is 1. The number of nitrogens with two attached hydrogens (primary N) is 1. The Kier molecular flexibility index (Phi) is 4.74. The monoisotopic (exact) mass is 227 g/mol. The molecule has 0 spiro atoms. The second-order valence-corrected chi connectivity index (χ2v) is 5.84. The van der Waals surface area contributed by atoms with Crippen LogP contribution in [-0.2, 0) is 0 Å². The summed E-state index contributed by atoms with van der Waals surface area (Å²) in [6, 6.07) is 4.03. The van der Waals surface area contributed by atoms with Crippen LogP contribution in [0.1, 0.15) is 37.5 Å². The molecule has 0 saturated carbocycles. The summed E-state index contributed by atoms with van der Waals surface area (Å²) in [6.45, 7) is 9.31. The van der Waals surface area contributed by atoms with Crippen LogP contribution in [0.4, 0.5) is 0 Å². The number of thioether (sulfide) groups is 1. The zero-order valence-corrected chi connectivity index (χ0v) is 10.8. The average molecular weight is 227 g/mol. The fraction of sp³-hybridized carbons (Fsp3) is 0.667. The zero-order valence-electron chi connectivity index (χ0n) is 9.99. The van der Waals surface area contributed by atoms with Crippen LogP contribution in [0.25, 0.3) is 0 Å². The van der Waals surface area contributed by atoms with E-state index in [1.807, 2.05) is 30.8 Å². The van der Waals surface area contributed by atoms with E-state index in [4.69, 9.17) is 10.2 Å². The molecule has 0 bridgehead atoms. The summed E-state index contributed by atoms with van der Waals surface area (Å²) in [5.74, 6) is 2.63. The molecule has 0 aliphatic heterocycles. The van der Waals surface area contributed by atoms with E-state index in [0.29, 0.717) is 17.7 Å². The van der Waals surface area contributed by atoms with E-state index < -0.39 is 0 Å². The molecule has 0 radical (unpaired) electrons. The van der Waals surface area contributed by atoms with E-state index in [9.17, 15) is 0 Å². The zero-order chi connectivity index (χ0) is 11.4. The Balaban J connectivity index is 2.64. The standard InChI is InChI=1S/C12H21NOS/c1-8(2)10(4)15-12(7-13)11-6-5-9(3)14-11/h5-6,8,10,12H,7,13H2,1-4H3. The van der Waals surface area contributed by atoms with Crippen molar-refractivity contribution in [2.75, 3.05) is 6.54 Å². The van der Waals surface area contributed by atoms with Gasteiger partial charge in [-0.25, -0.2) is 0 Å². The van der Waals surface area contributed by atoms with Crippen LogP contribution < -0.4 is 5.73 Å². The molecule has 3 heteroatoms. The van der Waals surface area contributed by atoms with Crippen LogP contribution in [-0.4, -0.2) is 11.8 Å². The van der Waals surface area contributed by atoms with Crippen LogP contribution in [0, 0.1) is 12.8 Å². The molecule has 2 nitrogen and oxygen atoms in total. The van der Waals surface area contributed by atoms with Crippen LogP contribution in [0.3, 0.4) is 0 Å². The molecule has 0 fully saturated rings. The maximum atomic E-state index is 5.78. The first-order valence-corrected chi connectivity index (χ1v) is 6.40. The van der Waals surface area contributed by atoms with E-state index in [1.165, 1.54) is 0 Å². The van der Waals surface area contributed by atoms with Crippen molar-refractivity contribution in [2.45, 2.75) is 38.2 Å². The second kappa shape index (κ2) is 5.61. The number of rotatable bonds is 5. The third-order valence-electron chi connectivity index (χ3n) is 2.61. The Hall–Kier alpha value is -0.410. The predicted octanol–water partition coefficient (Wildman–Crippen LogP) is 3.37. The first-order valence-electron chi connectivity index (χ1n) is 5.46. The fourth-order valence-electron chi connectivity index (χ4n) is 1.28. The number of aryl methyl sites for hydroxylation is 1. The molecule has 2 atom stereocenters. The van der Waals surface area contributed by atoms with Gasteiger partial charge in [0.2, 0.25) is 0 Å². The van der Waals surface area contributed by atoms with Gasteiger partial charge in [-0.1, -0.05) is 20.8 Å². The molecule has 0 amide bonds. The molecule has 0 aliphatic rings. The average Bonchev–Trinajstić information content (AvgIpc) is 2.60. The van der Waals surface area contributed by atoms with Crippen LogP contribution in [0.2, 0.25) is 0 Å². The highest BCUT2D eigenvalue weighted by Crippen LogP contribution is 2.34. The van der Waals surface area contributed by atoms with E-state index >= 15 is 0 Å². The highest BCUT2D eigenvalue weighted by atomic mass is 32.2. The molecular weight excluding hydrogens is 206 g/mol. The molecule has 15 heavy (non-hydrogen) atoms. The molecule has 86 valence electrons. The molecule has 0 aliphatic carbocycles. The Morgan fingerprint density at radius 1 is 1.33 bits per heavy atom. The van der Waals surface area contributed by atoms with Crippen molar-refractivity contribution in [3.05, 3.63) is 23.7 Å². The van der Waals surface area contributed by atoms with Crippen molar-refractivity contribution in [2.24, 2.45) is 11.7 Å². The Morgan fingerprint density at radius 2 is 2.00 bits per heavy atom. The van der Waals surface area contributed by atoms with Gasteiger partial charge < -0.3 is 10.2 Å². The minimum atomic E-state index is 0.288. The normalized spacial score (nSPS) is 15.6. The Labute approximate surface area is 96.6 Å². The van der Waals surface area contributed by atoms with Gasteiger partial charge in [-0.15, -0.1) is 11.8 Å². The first kappa shape index (κ1) is 12.7. The van der Waals surface area contributed by atoms with E-state index in [2.05, 4.69) is 20.8 Å². The molecule has 1 aromatic rings. The van der Waals surface area contributed by atoms with Gasteiger partial charge in [0, 0.05) is 11.8 Å². The maximum absolute atomic E-state index is 5.78. The van der Waals surface area contributed by atoms with Crippen molar-refractivity contribution >= 4 is 11.8 Å². The summed E-state index contributed by atoms with van der Waals surface area (Å²) in [5, 5.41) is 0.889. The van der Waals surface area contributed by atoms with Crippen molar-refractivity contribution in [3.8, 4) is 0 Å². The quantitative estimate of drug-likeness (QED) is 0.838. The van der Waals surface area contributed by atoms with Crippen molar-refractivity contribution < 1.29 is 4.42 Å². The highest BCUT2D eigenvalue weighted by molar-refractivity contribution is 8.00. The molecule has 0 saturated heterocycles. The van der Waals surface area contributed by atoms with E-state index in [-0.39, 0.29) is 5.25 Å². The Bertz CT molecular complexity index is 296.